The highest BCUT2D eigenvalue weighted by Crippen LogP contribution is 2.24. The molecule has 0 aromatic heterocycles. The van der Waals surface area contributed by atoms with E-state index in [1.165, 1.54) is 12.8 Å². The minimum absolute atomic E-state index is 0.0453. The van der Waals surface area contributed by atoms with Crippen molar-refractivity contribution in [1.29, 1.82) is 0 Å². The summed E-state index contributed by atoms with van der Waals surface area (Å²) in [5.74, 6) is 1.68. The average Bonchev–Trinajstić information content (AvgIpc) is 3.12. The van der Waals surface area contributed by atoms with E-state index in [0.29, 0.717) is 34.7 Å². The van der Waals surface area contributed by atoms with Crippen molar-refractivity contribution in [2.75, 3.05) is 31.3 Å². The first-order valence-electron chi connectivity index (χ1n) is 8.78. The molecule has 5 nitrogen and oxygen atoms in total. The summed E-state index contributed by atoms with van der Waals surface area (Å²) in [6.45, 7) is 2.82. The Morgan fingerprint density at radius 3 is 2.84 bits per heavy atom. The molecule has 0 bridgehead atoms. The minimum Gasteiger partial charge on any atom is -0.354 e. The number of hydrogen-bond donors (Lipinski definition) is 2. The van der Waals surface area contributed by atoms with E-state index in [1.807, 2.05) is 0 Å². The fourth-order valence-electron chi connectivity index (χ4n) is 3.31. The third kappa shape index (κ3) is 4.90. The van der Waals surface area contributed by atoms with Gasteiger partial charge in [-0.25, -0.2) is 0 Å². The fourth-order valence-corrected chi connectivity index (χ4v) is 4.59. The normalized spacial score (nSPS) is 23.5. The molecule has 2 atom stereocenters. The van der Waals surface area contributed by atoms with E-state index < -0.39 is 6.04 Å². The second kappa shape index (κ2) is 8.92. The number of piperidine rings is 1. The van der Waals surface area contributed by atoms with Crippen LogP contribution in [0, 0.1) is 5.92 Å². The second-order valence-electron chi connectivity index (χ2n) is 6.59. The first-order chi connectivity index (χ1) is 12.1. The van der Waals surface area contributed by atoms with E-state index in [4.69, 9.17) is 11.6 Å². The van der Waals surface area contributed by atoms with Gasteiger partial charge in [0.05, 0.1) is 5.88 Å². The lowest BCUT2D eigenvalue weighted by atomic mass is 9.96. The van der Waals surface area contributed by atoms with Crippen molar-refractivity contribution in [1.82, 2.24) is 15.5 Å². The van der Waals surface area contributed by atoms with Crippen LogP contribution in [0.4, 0.5) is 0 Å². The van der Waals surface area contributed by atoms with Crippen LogP contribution in [-0.2, 0) is 4.79 Å². The van der Waals surface area contributed by atoms with Crippen LogP contribution >= 0.6 is 23.4 Å². The average molecular weight is 382 g/mol. The zero-order valence-electron chi connectivity index (χ0n) is 14.2. The van der Waals surface area contributed by atoms with Gasteiger partial charge in [-0.2, -0.15) is 0 Å². The first-order valence-corrected chi connectivity index (χ1v) is 10.3. The fraction of sp³-hybridized carbons (Fsp3) is 0.556. The maximum Gasteiger partial charge on any atom is 0.255 e. The third-order valence-corrected chi connectivity index (χ3v) is 6.05. The summed E-state index contributed by atoms with van der Waals surface area (Å²) in [4.78, 5) is 26.9. The molecule has 0 spiro atoms. The van der Waals surface area contributed by atoms with Crippen LogP contribution in [0.2, 0.25) is 5.02 Å². The Morgan fingerprint density at radius 1 is 1.32 bits per heavy atom. The first kappa shape index (κ1) is 18.5. The van der Waals surface area contributed by atoms with Gasteiger partial charge in [-0.1, -0.05) is 11.6 Å². The van der Waals surface area contributed by atoms with E-state index in [9.17, 15) is 9.59 Å². The summed E-state index contributed by atoms with van der Waals surface area (Å²) in [6.07, 6.45) is 3.42. The number of carbonyl (C=O) groups excluding carboxylic acids is 2. The predicted octanol–water partition coefficient (Wildman–Crippen LogP) is 2.36. The van der Waals surface area contributed by atoms with Gasteiger partial charge in [0.15, 0.2) is 0 Å². The Labute approximate surface area is 157 Å². The lowest BCUT2D eigenvalue weighted by molar-refractivity contribution is -0.124. The van der Waals surface area contributed by atoms with Gasteiger partial charge in [0.25, 0.3) is 5.91 Å². The van der Waals surface area contributed by atoms with Crippen LogP contribution in [0.1, 0.15) is 29.6 Å². The monoisotopic (exact) mass is 381 g/mol. The molecule has 1 aromatic carbocycles. The van der Waals surface area contributed by atoms with Gasteiger partial charge in [0.1, 0.15) is 6.04 Å². The van der Waals surface area contributed by atoms with Crippen molar-refractivity contribution in [3.8, 4) is 0 Å². The molecule has 2 heterocycles. The maximum absolute atomic E-state index is 12.7. The highest BCUT2D eigenvalue weighted by molar-refractivity contribution is 7.99. The molecule has 2 unspecified atom stereocenters. The highest BCUT2D eigenvalue weighted by atomic mass is 35.5. The molecule has 2 aliphatic rings. The highest BCUT2D eigenvalue weighted by Gasteiger charge is 2.35. The molecular weight excluding hydrogens is 358 g/mol. The molecule has 0 saturated carbocycles. The summed E-state index contributed by atoms with van der Waals surface area (Å²) in [7, 11) is 0. The number of nitrogens with one attached hydrogen (secondary N) is 2. The minimum atomic E-state index is -0.391. The molecule has 2 aliphatic heterocycles. The molecule has 2 N–H and O–H groups in total. The Hall–Kier alpha value is -1.24. The number of halogens is 1. The van der Waals surface area contributed by atoms with Crippen molar-refractivity contribution in [3.05, 3.63) is 34.9 Å². The molecule has 0 aliphatic carbocycles. The van der Waals surface area contributed by atoms with Gasteiger partial charge < -0.3 is 15.5 Å². The molecule has 2 amide bonds. The Balaban J connectivity index is 1.52. The second-order valence-corrected chi connectivity index (χ2v) is 8.03. The molecular formula is C18H24ClN3O2S. The number of benzene rings is 1. The molecule has 0 radical (unpaired) electrons. The number of amides is 2. The van der Waals surface area contributed by atoms with Crippen LogP contribution < -0.4 is 10.6 Å². The molecule has 2 fully saturated rings. The van der Waals surface area contributed by atoms with E-state index >= 15 is 0 Å². The number of carbonyl (C=O) groups is 2. The Morgan fingerprint density at radius 2 is 2.12 bits per heavy atom. The van der Waals surface area contributed by atoms with Crippen LogP contribution in [0.25, 0.3) is 0 Å². The van der Waals surface area contributed by atoms with Crippen molar-refractivity contribution >= 4 is 35.2 Å². The van der Waals surface area contributed by atoms with Gasteiger partial charge in [-0.15, -0.1) is 11.8 Å². The SMILES string of the molecule is O=C(NCCC1CCCNC1)C1CSCN1C(=O)c1ccc(Cl)cc1. The summed E-state index contributed by atoms with van der Waals surface area (Å²) in [5.41, 5.74) is 0.568. The van der Waals surface area contributed by atoms with Gasteiger partial charge in [-0.3, -0.25) is 9.59 Å². The van der Waals surface area contributed by atoms with Gasteiger partial charge in [0.2, 0.25) is 5.91 Å². The number of thioether (sulfide) groups is 1. The zero-order valence-corrected chi connectivity index (χ0v) is 15.7. The van der Waals surface area contributed by atoms with Crippen LogP contribution in [0.15, 0.2) is 24.3 Å². The van der Waals surface area contributed by atoms with Crippen molar-refractivity contribution in [2.45, 2.75) is 25.3 Å². The molecule has 7 heteroatoms. The van der Waals surface area contributed by atoms with Gasteiger partial charge in [0, 0.05) is 22.9 Å². The van der Waals surface area contributed by atoms with E-state index in [2.05, 4.69) is 10.6 Å². The number of nitrogens with zero attached hydrogens (tertiary/aromatic N) is 1. The molecule has 136 valence electrons. The van der Waals surface area contributed by atoms with Crippen LogP contribution in [0.5, 0.6) is 0 Å². The standard InChI is InChI=1S/C18H24ClN3O2S/c19-15-5-3-14(4-6-15)18(24)22-12-25-11-16(22)17(23)21-9-7-13-2-1-8-20-10-13/h3-6,13,16,20H,1-2,7-12H2,(H,21,23). The Kier molecular flexibility index (Phi) is 6.62. The topological polar surface area (TPSA) is 61.4 Å². The number of rotatable bonds is 5. The maximum atomic E-state index is 12.7. The summed E-state index contributed by atoms with van der Waals surface area (Å²) < 4.78 is 0. The lowest BCUT2D eigenvalue weighted by Crippen LogP contribution is -2.47. The quantitative estimate of drug-likeness (QED) is 0.822. The van der Waals surface area contributed by atoms with Crippen LogP contribution in [0.3, 0.4) is 0 Å². The van der Waals surface area contributed by atoms with Gasteiger partial charge in [-0.05, 0) is 62.5 Å². The largest absolute Gasteiger partial charge is 0.354 e. The molecule has 3 rings (SSSR count). The lowest BCUT2D eigenvalue weighted by Gasteiger charge is -2.25. The van der Waals surface area contributed by atoms with Crippen molar-refractivity contribution in [3.63, 3.8) is 0 Å². The van der Waals surface area contributed by atoms with E-state index in [1.54, 1.807) is 40.9 Å². The molecule has 2 saturated heterocycles. The predicted molar refractivity (Wildman–Crippen MR) is 102 cm³/mol. The molecule has 25 heavy (non-hydrogen) atoms. The summed E-state index contributed by atoms with van der Waals surface area (Å²) in [6, 6.07) is 6.42. The third-order valence-electron chi connectivity index (χ3n) is 4.79. The summed E-state index contributed by atoms with van der Waals surface area (Å²) in [5, 5.41) is 7.01. The summed E-state index contributed by atoms with van der Waals surface area (Å²) >= 11 is 7.49. The van der Waals surface area contributed by atoms with Crippen LogP contribution in [-0.4, -0.2) is 54.0 Å². The zero-order chi connectivity index (χ0) is 17.6. The van der Waals surface area contributed by atoms with Crippen molar-refractivity contribution in [2.24, 2.45) is 5.92 Å². The smallest absolute Gasteiger partial charge is 0.255 e. The van der Waals surface area contributed by atoms with E-state index in [0.717, 1.165) is 19.5 Å². The van der Waals surface area contributed by atoms with Gasteiger partial charge >= 0.3 is 0 Å². The Bertz CT molecular complexity index is 605. The van der Waals surface area contributed by atoms with Crippen molar-refractivity contribution < 1.29 is 9.59 Å². The molecule has 1 aromatic rings. The number of hydrogen-bond acceptors (Lipinski definition) is 4. The van der Waals surface area contributed by atoms with E-state index in [-0.39, 0.29) is 11.8 Å².